The standard InChI is InChI=1S/C13H6BrF2NS/c14-10-5-8(7-17)1-3-12(10)18-13-4-2-9(15)6-11(13)16/h1-6H. The van der Waals surface area contributed by atoms with Crippen LogP contribution in [0.2, 0.25) is 0 Å². The Morgan fingerprint density at radius 3 is 2.39 bits per heavy atom. The van der Waals surface area contributed by atoms with E-state index in [1.54, 1.807) is 18.2 Å². The van der Waals surface area contributed by atoms with Crippen LogP contribution in [0.5, 0.6) is 0 Å². The first-order valence-electron chi connectivity index (χ1n) is 4.92. The molecule has 18 heavy (non-hydrogen) atoms. The topological polar surface area (TPSA) is 23.8 Å². The molecule has 1 nitrogen and oxygen atoms in total. The third-order valence-electron chi connectivity index (χ3n) is 2.17. The third kappa shape index (κ3) is 2.89. The van der Waals surface area contributed by atoms with Crippen LogP contribution in [0, 0.1) is 23.0 Å². The Hall–Kier alpha value is -1.38. The molecule has 0 atom stereocenters. The summed E-state index contributed by atoms with van der Waals surface area (Å²) in [6.07, 6.45) is 0. The first-order chi connectivity index (χ1) is 8.60. The molecule has 0 amide bonds. The number of hydrogen-bond acceptors (Lipinski definition) is 2. The normalized spacial score (nSPS) is 10.1. The highest BCUT2D eigenvalue weighted by Crippen LogP contribution is 2.35. The second kappa shape index (κ2) is 5.51. The van der Waals surface area contributed by atoms with E-state index in [2.05, 4.69) is 15.9 Å². The minimum absolute atomic E-state index is 0.335. The van der Waals surface area contributed by atoms with Crippen molar-refractivity contribution < 1.29 is 8.78 Å². The van der Waals surface area contributed by atoms with E-state index in [0.717, 1.165) is 11.0 Å². The summed E-state index contributed by atoms with van der Waals surface area (Å²) in [6.45, 7) is 0. The molecule has 0 bridgehead atoms. The summed E-state index contributed by atoms with van der Waals surface area (Å²) in [5, 5.41) is 8.74. The van der Waals surface area contributed by atoms with Crippen molar-refractivity contribution in [2.75, 3.05) is 0 Å². The summed E-state index contributed by atoms with van der Waals surface area (Å²) in [6, 6.07) is 10.5. The number of halogens is 3. The Balaban J connectivity index is 2.32. The van der Waals surface area contributed by atoms with Gasteiger partial charge in [0.1, 0.15) is 11.6 Å². The first-order valence-corrected chi connectivity index (χ1v) is 6.53. The monoisotopic (exact) mass is 325 g/mol. The van der Waals surface area contributed by atoms with Gasteiger partial charge in [0, 0.05) is 20.3 Å². The Kier molecular flexibility index (Phi) is 4.00. The maximum absolute atomic E-state index is 13.5. The van der Waals surface area contributed by atoms with Crippen LogP contribution in [0.15, 0.2) is 50.7 Å². The molecule has 0 aliphatic carbocycles. The molecule has 0 radical (unpaired) electrons. The van der Waals surface area contributed by atoms with Crippen LogP contribution in [0.4, 0.5) is 8.78 Å². The fourth-order valence-corrected chi connectivity index (χ4v) is 2.77. The maximum atomic E-state index is 13.5. The molecule has 2 rings (SSSR count). The summed E-state index contributed by atoms with van der Waals surface area (Å²) >= 11 is 4.49. The Bertz CT molecular complexity index is 637. The Morgan fingerprint density at radius 1 is 1.06 bits per heavy atom. The third-order valence-corrected chi connectivity index (χ3v) is 4.22. The van der Waals surface area contributed by atoms with Gasteiger partial charge < -0.3 is 0 Å². The van der Waals surface area contributed by atoms with Crippen molar-refractivity contribution in [2.45, 2.75) is 9.79 Å². The molecule has 0 spiro atoms. The second-order valence-corrected chi connectivity index (χ2v) is 5.37. The highest BCUT2D eigenvalue weighted by molar-refractivity contribution is 9.10. The number of nitriles is 1. The van der Waals surface area contributed by atoms with Crippen molar-refractivity contribution in [2.24, 2.45) is 0 Å². The van der Waals surface area contributed by atoms with Crippen LogP contribution in [-0.2, 0) is 0 Å². The SMILES string of the molecule is N#Cc1ccc(Sc2ccc(F)cc2F)c(Br)c1. The smallest absolute Gasteiger partial charge is 0.140 e. The zero-order valence-corrected chi connectivity index (χ0v) is 11.4. The van der Waals surface area contributed by atoms with E-state index in [0.29, 0.717) is 14.9 Å². The molecule has 0 heterocycles. The molecule has 90 valence electrons. The van der Waals surface area contributed by atoms with Gasteiger partial charge in [0.2, 0.25) is 0 Å². The minimum Gasteiger partial charge on any atom is -0.207 e. The zero-order valence-electron chi connectivity index (χ0n) is 8.95. The molecule has 0 N–H and O–H groups in total. The molecule has 0 unspecified atom stereocenters. The maximum Gasteiger partial charge on any atom is 0.140 e. The van der Waals surface area contributed by atoms with E-state index in [4.69, 9.17) is 5.26 Å². The summed E-state index contributed by atoms with van der Waals surface area (Å²) < 4.78 is 27.0. The lowest BCUT2D eigenvalue weighted by molar-refractivity contribution is 0.565. The molecule has 0 aliphatic heterocycles. The summed E-state index contributed by atoms with van der Waals surface area (Å²) in [4.78, 5) is 1.10. The van der Waals surface area contributed by atoms with Crippen molar-refractivity contribution in [3.8, 4) is 6.07 Å². The van der Waals surface area contributed by atoms with E-state index >= 15 is 0 Å². The fraction of sp³-hybridized carbons (Fsp3) is 0. The fourth-order valence-electron chi connectivity index (χ4n) is 1.33. The Labute approximate surface area is 116 Å². The molecule has 0 aliphatic rings. The van der Waals surface area contributed by atoms with Gasteiger partial charge in [-0.15, -0.1) is 0 Å². The average molecular weight is 326 g/mol. The average Bonchev–Trinajstić information content (AvgIpc) is 2.34. The zero-order chi connectivity index (χ0) is 13.1. The summed E-state index contributed by atoms with van der Waals surface area (Å²) in [7, 11) is 0. The summed E-state index contributed by atoms with van der Waals surface area (Å²) in [5.74, 6) is -1.20. The van der Waals surface area contributed by atoms with Crippen molar-refractivity contribution in [1.29, 1.82) is 5.26 Å². The van der Waals surface area contributed by atoms with E-state index in [1.807, 2.05) is 6.07 Å². The van der Waals surface area contributed by atoms with Crippen LogP contribution in [0.3, 0.4) is 0 Å². The highest BCUT2D eigenvalue weighted by atomic mass is 79.9. The molecular formula is C13H6BrF2NS. The predicted octanol–water partition coefficient (Wildman–Crippen LogP) is 4.75. The molecule has 2 aromatic rings. The highest BCUT2D eigenvalue weighted by Gasteiger charge is 2.08. The molecular weight excluding hydrogens is 320 g/mol. The molecule has 0 fully saturated rings. The van der Waals surface area contributed by atoms with Crippen molar-refractivity contribution >= 4 is 27.7 Å². The number of benzene rings is 2. The summed E-state index contributed by atoms with van der Waals surface area (Å²) in [5.41, 5.74) is 0.519. The molecule has 5 heteroatoms. The Morgan fingerprint density at radius 2 is 1.78 bits per heavy atom. The van der Waals surface area contributed by atoms with Gasteiger partial charge in [0.05, 0.1) is 11.6 Å². The van der Waals surface area contributed by atoms with E-state index in [1.165, 1.54) is 23.9 Å². The van der Waals surface area contributed by atoms with Crippen LogP contribution >= 0.6 is 27.7 Å². The van der Waals surface area contributed by atoms with Gasteiger partial charge in [-0.05, 0) is 46.3 Å². The molecule has 0 aromatic heterocycles. The van der Waals surface area contributed by atoms with Crippen LogP contribution < -0.4 is 0 Å². The van der Waals surface area contributed by atoms with Gasteiger partial charge in [0.25, 0.3) is 0 Å². The lowest BCUT2D eigenvalue weighted by Crippen LogP contribution is -1.85. The number of hydrogen-bond donors (Lipinski definition) is 0. The lowest BCUT2D eigenvalue weighted by Gasteiger charge is -2.05. The van der Waals surface area contributed by atoms with Crippen molar-refractivity contribution in [3.63, 3.8) is 0 Å². The quantitative estimate of drug-likeness (QED) is 0.795. The molecule has 2 aromatic carbocycles. The van der Waals surface area contributed by atoms with Gasteiger partial charge >= 0.3 is 0 Å². The van der Waals surface area contributed by atoms with Gasteiger partial charge in [-0.3, -0.25) is 0 Å². The molecule has 0 saturated heterocycles. The molecule has 0 saturated carbocycles. The van der Waals surface area contributed by atoms with E-state index < -0.39 is 11.6 Å². The van der Waals surface area contributed by atoms with Crippen LogP contribution in [-0.4, -0.2) is 0 Å². The van der Waals surface area contributed by atoms with Gasteiger partial charge in [-0.1, -0.05) is 11.8 Å². The van der Waals surface area contributed by atoms with Crippen LogP contribution in [0.25, 0.3) is 0 Å². The number of nitrogens with zero attached hydrogens (tertiary/aromatic N) is 1. The number of rotatable bonds is 2. The van der Waals surface area contributed by atoms with E-state index in [-0.39, 0.29) is 0 Å². The van der Waals surface area contributed by atoms with Gasteiger partial charge in [-0.25, -0.2) is 8.78 Å². The predicted molar refractivity (Wildman–Crippen MR) is 69.3 cm³/mol. The minimum atomic E-state index is -0.601. The largest absolute Gasteiger partial charge is 0.207 e. The van der Waals surface area contributed by atoms with E-state index in [9.17, 15) is 8.78 Å². The van der Waals surface area contributed by atoms with Crippen LogP contribution in [0.1, 0.15) is 5.56 Å². The second-order valence-electron chi connectivity index (χ2n) is 3.43. The van der Waals surface area contributed by atoms with Crippen molar-refractivity contribution in [3.05, 3.63) is 58.1 Å². The lowest BCUT2D eigenvalue weighted by atomic mass is 10.2. The van der Waals surface area contributed by atoms with Gasteiger partial charge in [-0.2, -0.15) is 5.26 Å². The van der Waals surface area contributed by atoms with Gasteiger partial charge in [0.15, 0.2) is 0 Å². The van der Waals surface area contributed by atoms with Crippen molar-refractivity contribution in [1.82, 2.24) is 0 Å². The first kappa shape index (κ1) is 13.1.